The molecule has 0 radical (unpaired) electrons. The normalized spacial score (nSPS) is 17.0. The second-order valence-corrected chi connectivity index (χ2v) is 8.17. The molecule has 1 amide bonds. The highest BCUT2D eigenvalue weighted by atomic mass is 32.2. The third-order valence-electron chi connectivity index (χ3n) is 3.50. The quantitative estimate of drug-likeness (QED) is 0.553. The number of anilines is 1. The molecule has 0 unspecified atom stereocenters. The van der Waals surface area contributed by atoms with E-state index < -0.39 is 0 Å². The third-order valence-corrected chi connectivity index (χ3v) is 5.56. The molecule has 0 aromatic carbocycles. The van der Waals surface area contributed by atoms with Gasteiger partial charge in [0.15, 0.2) is 4.34 Å². The van der Waals surface area contributed by atoms with Crippen LogP contribution in [0.5, 0.6) is 0 Å². The second kappa shape index (κ2) is 9.41. The van der Waals surface area contributed by atoms with Crippen molar-refractivity contribution in [1.82, 2.24) is 20.0 Å². The van der Waals surface area contributed by atoms with Gasteiger partial charge < -0.3 is 15.0 Å². The van der Waals surface area contributed by atoms with E-state index in [1.54, 1.807) is 19.0 Å². The van der Waals surface area contributed by atoms with Gasteiger partial charge in [0.1, 0.15) is 0 Å². The number of nitrogens with one attached hydrogen (secondary N) is 1. The molecule has 23 heavy (non-hydrogen) atoms. The van der Waals surface area contributed by atoms with E-state index in [1.165, 1.54) is 23.1 Å². The topological polar surface area (TPSA) is 70.6 Å². The number of thioether (sulfide) groups is 1. The Morgan fingerprint density at radius 1 is 1.43 bits per heavy atom. The van der Waals surface area contributed by atoms with Crippen LogP contribution < -0.4 is 5.32 Å². The lowest BCUT2D eigenvalue weighted by atomic mass is 10.3. The number of ether oxygens (including phenoxy) is 1. The molecule has 2 rings (SSSR count). The Kier molecular flexibility index (Phi) is 7.54. The highest BCUT2D eigenvalue weighted by Crippen LogP contribution is 2.29. The molecule has 1 aromatic heterocycles. The monoisotopic (exact) mass is 359 g/mol. The fourth-order valence-corrected chi connectivity index (χ4v) is 4.28. The van der Waals surface area contributed by atoms with E-state index in [2.05, 4.69) is 20.4 Å². The highest BCUT2D eigenvalue weighted by molar-refractivity contribution is 8.02. The molecule has 1 aliphatic heterocycles. The first kappa shape index (κ1) is 18.4. The van der Waals surface area contributed by atoms with Crippen molar-refractivity contribution in [2.45, 2.75) is 22.9 Å². The Morgan fingerprint density at radius 2 is 2.17 bits per heavy atom. The summed E-state index contributed by atoms with van der Waals surface area (Å²) in [5.41, 5.74) is 0. The summed E-state index contributed by atoms with van der Waals surface area (Å²) in [5.74, 6) is 0.0882. The molecule has 0 aliphatic carbocycles. The van der Waals surface area contributed by atoms with Crippen molar-refractivity contribution in [2.75, 3.05) is 58.8 Å². The van der Waals surface area contributed by atoms with Crippen LogP contribution in [0.1, 0.15) is 13.3 Å². The third kappa shape index (κ3) is 6.25. The molecule has 1 saturated heterocycles. The Balaban J connectivity index is 1.67. The first-order chi connectivity index (χ1) is 11.1. The van der Waals surface area contributed by atoms with Gasteiger partial charge in [-0.2, -0.15) is 0 Å². The Morgan fingerprint density at radius 3 is 2.87 bits per heavy atom. The summed E-state index contributed by atoms with van der Waals surface area (Å²) in [6.45, 7) is 7.58. The first-order valence-corrected chi connectivity index (χ1v) is 9.51. The van der Waals surface area contributed by atoms with Gasteiger partial charge in [0.05, 0.1) is 18.5 Å². The molecule has 1 fully saturated rings. The standard InChI is InChI=1S/C14H25N5O2S2/c1-11(12(20)18(2)3)22-14-17-16-13(23-14)15-5-4-6-19-7-9-21-10-8-19/h11H,4-10H2,1-3H3,(H,15,16)/t11-/m1/s1. The first-order valence-electron chi connectivity index (χ1n) is 7.81. The van der Waals surface area contributed by atoms with Gasteiger partial charge in [-0.25, -0.2) is 0 Å². The van der Waals surface area contributed by atoms with E-state index in [0.29, 0.717) is 0 Å². The molecule has 9 heteroatoms. The molecule has 2 heterocycles. The number of carbonyl (C=O) groups is 1. The maximum Gasteiger partial charge on any atom is 0.235 e. The average molecular weight is 360 g/mol. The van der Waals surface area contributed by atoms with E-state index in [9.17, 15) is 4.79 Å². The van der Waals surface area contributed by atoms with E-state index in [1.807, 2.05) is 6.92 Å². The predicted octanol–water partition coefficient (Wildman–Crippen LogP) is 1.24. The summed E-state index contributed by atoms with van der Waals surface area (Å²) >= 11 is 2.96. The number of hydrogen-bond acceptors (Lipinski definition) is 8. The van der Waals surface area contributed by atoms with Crippen molar-refractivity contribution in [1.29, 1.82) is 0 Å². The van der Waals surface area contributed by atoms with E-state index in [4.69, 9.17) is 4.74 Å². The number of hydrogen-bond donors (Lipinski definition) is 1. The number of nitrogens with zero attached hydrogens (tertiary/aromatic N) is 4. The summed E-state index contributed by atoms with van der Waals surface area (Å²) in [7, 11) is 3.53. The van der Waals surface area contributed by atoms with Gasteiger partial charge in [-0.15, -0.1) is 10.2 Å². The lowest BCUT2D eigenvalue weighted by Crippen LogP contribution is -2.37. The van der Waals surface area contributed by atoms with Crippen molar-refractivity contribution in [3.05, 3.63) is 0 Å². The van der Waals surface area contributed by atoms with Gasteiger partial charge in [-0.1, -0.05) is 23.1 Å². The minimum atomic E-state index is -0.146. The van der Waals surface area contributed by atoms with E-state index in [0.717, 1.165) is 55.3 Å². The molecule has 0 saturated carbocycles. The summed E-state index contributed by atoms with van der Waals surface area (Å²) in [6.07, 6.45) is 1.07. The fourth-order valence-electron chi connectivity index (χ4n) is 2.22. The van der Waals surface area contributed by atoms with Crippen molar-refractivity contribution in [3.63, 3.8) is 0 Å². The second-order valence-electron chi connectivity index (χ2n) is 5.60. The largest absolute Gasteiger partial charge is 0.379 e. The van der Waals surface area contributed by atoms with E-state index in [-0.39, 0.29) is 11.2 Å². The zero-order valence-corrected chi connectivity index (χ0v) is 15.6. The van der Waals surface area contributed by atoms with Gasteiger partial charge in [-0.3, -0.25) is 9.69 Å². The van der Waals surface area contributed by atoms with Crippen molar-refractivity contribution in [3.8, 4) is 0 Å². The van der Waals surface area contributed by atoms with E-state index >= 15 is 0 Å². The number of morpholine rings is 1. The van der Waals surface area contributed by atoms with Gasteiger partial charge in [0.2, 0.25) is 11.0 Å². The lowest BCUT2D eigenvalue weighted by Gasteiger charge is -2.26. The van der Waals surface area contributed by atoms with Crippen LogP contribution in [-0.4, -0.2) is 84.6 Å². The van der Waals surface area contributed by atoms with Gasteiger partial charge in [0, 0.05) is 33.7 Å². The molecular weight excluding hydrogens is 334 g/mol. The zero-order valence-electron chi connectivity index (χ0n) is 13.9. The van der Waals surface area contributed by atoms with Crippen LogP contribution in [0.25, 0.3) is 0 Å². The number of carbonyl (C=O) groups excluding carboxylic acids is 1. The summed E-state index contributed by atoms with van der Waals surface area (Å²) in [6, 6.07) is 0. The van der Waals surface area contributed by atoms with Crippen LogP contribution in [0.4, 0.5) is 5.13 Å². The Hall–Kier alpha value is -0.900. The molecule has 1 aliphatic rings. The summed E-state index contributed by atoms with van der Waals surface area (Å²) in [4.78, 5) is 15.9. The SMILES string of the molecule is C[C@@H](Sc1nnc(NCCCN2CCOCC2)s1)C(=O)N(C)C. The van der Waals surface area contributed by atoms with Crippen LogP contribution in [0.15, 0.2) is 4.34 Å². The minimum absolute atomic E-state index is 0.0882. The molecular formula is C14H25N5O2S2. The molecule has 0 bridgehead atoms. The molecule has 0 spiro atoms. The lowest BCUT2D eigenvalue weighted by molar-refractivity contribution is -0.127. The molecule has 130 valence electrons. The predicted molar refractivity (Wildman–Crippen MR) is 94.3 cm³/mol. The van der Waals surface area contributed by atoms with Gasteiger partial charge in [0.25, 0.3) is 0 Å². The van der Waals surface area contributed by atoms with Crippen molar-refractivity contribution >= 4 is 34.1 Å². The van der Waals surface area contributed by atoms with Gasteiger partial charge >= 0.3 is 0 Å². The minimum Gasteiger partial charge on any atom is -0.379 e. The molecule has 1 N–H and O–H groups in total. The van der Waals surface area contributed by atoms with Crippen LogP contribution in [0, 0.1) is 0 Å². The van der Waals surface area contributed by atoms with Crippen LogP contribution >= 0.6 is 23.1 Å². The average Bonchev–Trinajstić information content (AvgIpc) is 2.99. The maximum atomic E-state index is 11.8. The summed E-state index contributed by atoms with van der Waals surface area (Å²) in [5, 5.41) is 12.3. The van der Waals surface area contributed by atoms with Crippen molar-refractivity contribution in [2.24, 2.45) is 0 Å². The number of aromatic nitrogens is 2. The van der Waals surface area contributed by atoms with Crippen LogP contribution in [0.2, 0.25) is 0 Å². The smallest absolute Gasteiger partial charge is 0.235 e. The Bertz CT molecular complexity index is 491. The Labute approximate surface area is 145 Å². The number of rotatable bonds is 8. The van der Waals surface area contributed by atoms with Crippen molar-refractivity contribution < 1.29 is 9.53 Å². The maximum absolute atomic E-state index is 11.8. The van der Waals surface area contributed by atoms with Crippen LogP contribution in [-0.2, 0) is 9.53 Å². The van der Waals surface area contributed by atoms with Gasteiger partial charge in [-0.05, 0) is 19.9 Å². The number of amides is 1. The highest BCUT2D eigenvalue weighted by Gasteiger charge is 2.18. The fraction of sp³-hybridized carbons (Fsp3) is 0.786. The van der Waals surface area contributed by atoms with Crippen LogP contribution in [0.3, 0.4) is 0 Å². The molecule has 7 nitrogen and oxygen atoms in total. The molecule has 1 atom stereocenters. The zero-order chi connectivity index (χ0) is 16.7. The molecule has 1 aromatic rings. The summed E-state index contributed by atoms with van der Waals surface area (Å²) < 4.78 is 6.16.